The number of hydrogen-bond acceptors (Lipinski definition) is 3. The van der Waals surface area contributed by atoms with Crippen LogP contribution in [-0.2, 0) is 0 Å². The summed E-state index contributed by atoms with van der Waals surface area (Å²) < 4.78 is 5.72. The average Bonchev–Trinajstić information content (AvgIpc) is 2.64. The van der Waals surface area contributed by atoms with Crippen molar-refractivity contribution in [2.75, 3.05) is 0 Å². The van der Waals surface area contributed by atoms with Crippen LogP contribution in [0.15, 0.2) is 79.0 Å². The largest absolute Gasteiger partial charge is 0.457 e. The van der Waals surface area contributed by atoms with Crippen LogP contribution < -0.4 is 10.1 Å². The molecule has 0 saturated heterocycles. The van der Waals surface area contributed by atoms with Gasteiger partial charge in [-0.1, -0.05) is 24.3 Å². The van der Waals surface area contributed by atoms with E-state index in [0.29, 0.717) is 11.3 Å². The third-order valence-electron chi connectivity index (χ3n) is 3.57. The van der Waals surface area contributed by atoms with E-state index in [1.807, 2.05) is 55.5 Å². The standard InChI is InChI=1S/C20H18N2O2/c1-15(19-9-5-6-14-21-19)22-20(23)16-10-12-18(13-11-16)24-17-7-3-2-4-8-17/h2-15H,1H3,(H,22,23)/t15-/m1/s1. The Balaban J connectivity index is 1.63. The van der Waals surface area contributed by atoms with Crippen molar-refractivity contribution in [1.29, 1.82) is 0 Å². The Hall–Kier alpha value is -3.14. The predicted octanol–water partition coefficient (Wildman–Crippen LogP) is 4.36. The molecule has 24 heavy (non-hydrogen) atoms. The van der Waals surface area contributed by atoms with Crippen LogP contribution in [-0.4, -0.2) is 10.9 Å². The molecule has 0 aliphatic heterocycles. The van der Waals surface area contributed by atoms with E-state index in [0.717, 1.165) is 11.4 Å². The van der Waals surface area contributed by atoms with Crippen LogP contribution in [0.5, 0.6) is 11.5 Å². The number of nitrogens with one attached hydrogen (secondary N) is 1. The number of carbonyl (C=O) groups excluding carboxylic acids is 1. The molecule has 0 spiro atoms. The summed E-state index contributed by atoms with van der Waals surface area (Å²) in [5, 5.41) is 2.94. The minimum Gasteiger partial charge on any atom is -0.457 e. The topological polar surface area (TPSA) is 51.2 Å². The number of aromatic nitrogens is 1. The smallest absolute Gasteiger partial charge is 0.251 e. The molecule has 0 unspecified atom stereocenters. The van der Waals surface area contributed by atoms with Crippen LogP contribution in [0.3, 0.4) is 0 Å². The summed E-state index contributed by atoms with van der Waals surface area (Å²) in [5.74, 6) is 1.31. The Morgan fingerprint density at radius 1 is 0.917 bits per heavy atom. The Bertz CT molecular complexity index is 787. The van der Waals surface area contributed by atoms with Gasteiger partial charge in [0.2, 0.25) is 0 Å². The molecule has 1 N–H and O–H groups in total. The van der Waals surface area contributed by atoms with E-state index in [2.05, 4.69) is 10.3 Å². The maximum Gasteiger partial charge on any atom is 0.251 e. The van der Waals surface area contributed by atoms with Crippen molar-refractivity contribution < 1.29 is 9.53 Å². The van der Waals surface area contributed by atoms with E-state index in [-0.39, 0.29) is 11.9 Å². The van der Waals surface area contributed by atoms with E-state index >= 15 is 0 Å². The SMILES string of the molecule is C[C@@H](NC(=O)c1ccc(Oc2ccccc2)cc1)c1ccccn1. The molecule has 0 bridgehead atoms. The average molecular weight is 318 g/mol. The first kappa shape index (κ1) is 15.7. The molecule has 4 nitrogen and oxygen atoms in total. The van der Waals surface area contributed by atoms with Crippen molar-refractivity contribution in [3.8, 4) is 11.5 Å². The van der Waals surface area contributed by atoms with Gasteiger partial charge in [0.25, 0.3) is 5.91 Å². The summed E-state index contributed by atoms with van der Waals surface area (Å²) in [7, 11) is 0. The van der Waals surface area contributed by atoms with E-state index in [1.54, 1.807) is 30.5 Å². The van der Waals surface area contributed by atoms with Gasteiger partial charge in [-0.2, -0.15) is 0 Å². The van der Waals surface area contributed by atoms with Crippen molar-refractivity contribution >= 4 is 5.91 Å². The second kappa shape index (κ2) is 7.42. The molecule has 0 aliphatic rings. The van der Waals surface area contributed by atoms with Crippen LogP contribution in [0, 0.1) is 0 Å². The van der Waals surface area contributed by atoms with Crippen molar-refractivity contribution in [1.82, 2.24) is 10.3 Å². The molecule has 0 fully saturated rings. The number of pyridine rings is 1. The number of rotatable bonds is 5. The number of amides is 1. The summed E-state index contributed by atoms with van der Waals surface area (Å²) in [5.41, 5.74) is 1.41. The number of carbonyl (C=O) groups is 1. The van der Waals surface area contributed by atoms with E-state index < -0.39 is 0 Å². The molecule has 1 heterocycles. The van der Waals surface area contributed by atoms with Gasteiger partial charge >= 0.3 is 0 Å². The quantitative estimate of drug-likeness (QED) is 0.760. The van der Waals surface area contributed by atoms with Crippen LogP contribution in [0.1, 0.15) is 29.0 Å². The normalized spacial score (nSPS) is 11.5. The monoisotopic (exact) mass is 318 g/mol. The highest BCUT2D eigenvalue weighted by Crippen LogP contribution is 2.21. The minimum atomic E-state index is -0.154. The molecule has 3 rings (SSSR count). The maximum atomic E-state index is 12.3. The minimum absolute atomic E-state index is 0.139. The van der Waals surface area contributed by atoms with Crippen LogP contribution >= 0.6 is 0 Å². The van der Waals surface area contributed by atoms with E-state index in [1.165, 1.54) is 0 Å². The lowest BCUT2D eigenvalue weighted by molar-refractivity contribution is 0.0939. The van der Waals surface area contributed by atoms with Crippen LogP contribution in [0.25, 0.3) is 0 Å². The molecular weight excluding hydrogens is 300 g/mol. The molecule has 0 radical (unpaired) electrons. The third-order valence-corrected chi connectivity index (χ3v) is 3.57. The van der Waals surface area contributed by atoms with Crippen molar-refractivity contribution in [3.63, 3.8) is 0 Å². The lowest BCUT2D eigenvalue weighted by Gasteiger charge is -2.13. The zero-order valence-electron chi connectivity index (χ0n) is 13.3. The Morgan fingerprint density at radius 2 is 1.58 bits per heavy atom. The zero-order valence-corrected chi connectivity index (χ0v) is 13.3. The second-order valence-corrected chi connectivity index (χ2v) is 5.39. The molecule has 0 aliphatic carbocycles. The van der Waals surface area contributed by atoms with Gasteiger partial charge in [0.05, 0.1) is 11.7 Å². The molecule has 1 amide bonds. The Labute approximate surface area is 141 Å². The fraction of sp³-hybridized carbons (Fsp3) is 0.100. The zero-order chi connectivity index (χ0) is 16.8. The van der Waals surface area contributed by atoms with Crippen molar-refractivity contribution in [2.24, 2.45) is 0 Å². The number of benzene rings is 2. The molecule has 1 aromatic heterocycles. The first-order valence-electron chi connectivity index (χ1n) is 7.77. The second-order valence-electron chi connectivity index (χ2n) is 5.39. The van der Waals surface area contributed by atoms with E-state index in [9.17, 15) is 4.79 Å². The number of ether oxygens (including phenoxy) is 1. The van der Waals surface area contributed by atoms with Gasteiger partial charge in [-0.25, -0.2) is 0 Å². The summed E-state index contributed by atoms with van der Waals surface area (Å²) >= 11 is 0. The van der Waals surface area contributed by atoms with Gasteiger partial charge in [0.15, 0.2) is 0 Å². The van der Waals surface area contributed by atoms with Gasteiger partial charge in [0.1, 0.15) is 11.5 Å². The summed E-state index contributed by atoms with van der Waals surface area (Å²) in [6.45, 7) is 1.91. The van der Waals surface area contributed by atoms with Gasteiger partial charge in [-0.15, -0.1) is 0 Å². The lowest BCUT2D eigenvalue weighted by atomic mass is 10.1. The predicted molar refractivity (Wildman–Crippen MR) is 93.1 cm³/mol. The van der Waals surface area contributed by atoms with Gasteiger partial charge < -0.3 is 10.1 Å². The molecule has 2 aromatic carbocycles. The van der Waals surface area contributed by atoms with Crippen LogP contribution in [0.2, 0.25) is 0 Å². The Kier molecular flexibility index (Phi) is 4.87. The third kappa shape index (κ3) is 3.98. The fourth-order valence-electron chi connectivity index (χ4n) is 2.28. The Morgan fingerprint density at radius 3 is 2.25 bits per heavy atom. The fourth-order valence-corrected chi connectivity index (χ4v) is 2.28. The molecule has 0 saturated carbocycles. The molecule has 120 valence electrons. The maximum absolute atomic E-state index is 12.3. The highest BCUT2D eigenvalue weighted by molar-refractivity contribution is 5.94. The number of hydrogen-bond donors (Lipinski definition) is 1. The highest BCUT2D eigenvalue weighted by Gasteiger charge is 2.12. The molecular formula is C20H18N2O2. The molecule has 4 heteroatoms. The first-order valence-corrected chi connectivity index (χ1v) is 7.77. The molecule has 1 atom stereocenters. The van der Waals surface area contributed by atoms with Gasteiger partial charge in [-0.05, 0) is 55.5 Å². The molecule has 3 aromatic rings. The van der Waals surface area contributed by atoms with Gasteiger partial charge in [-0.3, -0.25) is 9.78 Å². The van der Waals surface area contributed by atoms with E-state index in [4.69, 9.17) is 4.74 Å². The van der Waals surface area contributed by atoms with Crippen molar-refractivity contribution in [2.45, 2.75) is 13.0 Å². The number of para-hydroxylation sites is 1. The number of nitrogens with zero attached hydrogens (tertiary/aromatic N) is 1. The summed E-state index contributed by atoms with van der Waals surface area (Å²) in [4.78, 5) is 16.6. The van der Waals surface area contributed by atoms with Crippen molar-refractivity contribution in [3.05, 3.63) is 90.3 Å². The van der Waals surface area contributed by atoms with Crippen LogP contribution in [0.4, 0.5) is 0 Å². The summed E-state index contributed by atoms with van der Waals surface area (Å²) in [6.07, 6.45) is 1.72. The highest BCUT2D eigenvalue weighted by atomic mass is 16.5. The first-order chi connectivity index (χ1) is 11.7. The summed E-state index contributed by atoms with van der Waals surface area (Å²) in [6, 6.07) is 22.1. The van der Waals surface area contributed by atoms with Gasteiger partial charge in [0, 0.05) is 11.8 Å². The lowest BCUT2D eigenvalue weighted by Crippen LogP contribution is -2.27.